The van der Waals surface area contributed by atoms with E-state index in [0.29, 0.717) is 22.6 Å². The molecule has 2 fully saturated rings. The Morgan fingerprint density at radius 1 is 1.35 bits per heavy atom. The van der Waals surface area contributed by atoms with Crippen molar-refractivity contribution >= 4 is 17.3 Å². The first kappa shape index (κ1) is 12.1. The monoisotopic (exact) mass is 291 g/mol. The minimum atomic E-state index is 0.203. The van der Waals surface area contributed by atoms with Gasteiger partial charge in [0, 0.05) is 16.3 Å². The molecule has 0 aliphatic carbocycles. The summed E-state index contributed by atoms with van der Waals surface area (Å²) >= 11 is 5.94. The maximum Gasteiger partial charge on any atom is 0.184 e. The van der Waals surface area contributed by atoms with E-state index in [0.717, 1.165) is 24.8 Å². The van der Waals surface area contributed by atoms with Crippen LogP contribution in [-0.4, -0.2) is 32.4 Å². The number of fused-ring (bicyclic) bond motifs is 2. The van der Waals surface area contributed by atoms with Crippen LogP contribution in [0.5, 0.6) is 0 Å². The van der Waals surface area contributed by atoms with Crippen LogP contribution in [0.2, 0.25) is 5.02 Å². The molecule has 2 aliphatic heterocycles. The zero-order chi connectivity index (χ0) is 13.7. The lowest BCUT2D eigenvalue weighted by Crippen LogP contribution is -2.23. The number of tetrazole rings is 1. The van der Waals surface area contributed by atoms with Gasteiger partial charge in [0.2, 0.25) is 0 Å². The quantitative estimate of drug-likeness (QED) is 0.857. The van der Waals surface area contributed by atoms with Gasteiger partial charge in [-0.25, -0.2) is 4.68 Å². The highest BCUT2D eigenvalue weighted by Gasteiger charge is 2.43. The molecule has 3 unspecified atom stereocenters. The number of anilines is 1. The Morgan fingerprint density at radius 2 is 2.25 bits per heavy atom. The van der Waals surface area contributed by atoms with Crippen LogP contribution >= 0.6 is 11.6 Å². The molecule has 20 heavy (non-hydrogen) atoms. The molecule has 0 spiro atoms. The number of halogens is 1. The van der Waals surface area contributed by atoms with Crippen LogP contribution in [0, 0.1) is 0 Å². The molecule has 1 aromatic heterocycles. The van der Waals surface area contributed by atoms with E-state index in [2.05, 4.69) is 15.5 Å². The largest absolute Gasteiger partial charge is 0.398 e. The zero-order valence-electron chi connectivity index (χ0n) is 10.7. The van der Waals surface area contributed by atoms with Gasteiger partial charge in [-0.05, 0) is 47.9 Å². The molecule has 6 nitrogen and oxygen atoms in total. The van der Waals surface area contributed by atoms with E-state index >= 15 is 0 Å². The van der Waals surface area contributed by atoms with Crippen LogP contribution in [0.1, 0.15) is 25.3 Å². The highest BCUT2D eigenvalue weighted by molar-refractivity contribution is 6.31. The molecule has 2 bridgehead atoms. The first-order chi connectivity index (χ1) is 9.72. The number of benzene rings is 1. The van der Waals surface area contributed by atoms with Gasteiger partial charge in [-0.1, -0.05) is 11.6 Å². The molecule has 2 N–H and O–H groups in total. The summed E-state index contributed by atoms with van der Waals surface area (Å²) in [6.07, 6.45) is 3.75. The molecule has 104 valence electrons. The number of hydrogen-bond acceptors (Lipinski definition) is 5. The Morgan fingerprint density at radius 3 is 2.95 bits per heavy atom. The maximum atomic E-state index is 6.03. The van der Waals surface area contributed by atoms with E-state index in [-0.39, 0.29) is 12.1 Å². The molecule has 1 aromatic carbocycles. The van der Waals surface area contributed by atoms with Crippen molar-refractivity contribution in [1.82, 2.24) is 20.2 Å². The van der Waals surface area contributed by atoms with Crippen molar-refractivity contribution < 1.29 is 4.74 Å². The molecule has 2 aliphatic rings. The fourth-order valence-electron chi connectivity index (χ4n) is 3.20. The van der Waals surface area contributed by atoms with Crippen LogP contribution in [0.15, 0.2) is 18.2 Å². The van der Waals surface area contributed by atoms with Crippen molar-refractivity contribution in [3.8, 4) is 11.4 Å². The summed E-state index contributed by atoms with van der Waals surface area (Å²) in [5.41, 5.74) is 7.42. The summed E-state index contributed by atoms with van der Waals surface area (Å²) in [6, 6.07) is 5.57. The van der Waals surface area contributed by atoms with Crippen molar-refractivity contribution in [3.05, 3.63) is 23.2 Å². The predicted molar refractivity (Wildman–Crippen MR) is 74.2 cm³/mol. The van der Waals surface area contributed by atoms with Gasteiger partial charge >= 0.3 is 0 Å². The summed E-state index contributed by atoms with van der Waals surface area (Å²) < 4.78 is 7.73. The molecule has 0 amide bonds. The normalized spacial score (nSPS) is 28.1. The van der Waals surface area contributed by atoms with Crippen LogP contribution in [-0.2, 0) is 4.74 Å². The number of rotatable bonds is 2. The second-order valence-corrected chi connectivity index (χ2v) is 5.79. The van der Waals surface area contributed by atoms with Gasteiger partial charge in [-0.2, -0.15) is 0 Å². The average molecular weight is 292 g/mol. The predicted octanol–water partition coefficient (Wildman–Crippen LogP) is 2.07. The summed E-state index contributed by atoms with van der Waals surface area (Å²) in [7, 11) is 0. The Bertz CT molecular complexity index is 658. The Hall–Kier alpha value is -1.66. The van der Waals surface area contributed by atoms with E-state index in [1.807, 2.05) is 10.7 Å². The first-order valence-corrected chi connectivity index (χ1v) is 7.09. The molecule has 7 heteroatoms. The van der Waals surface area contributed by atoms with Crippen molar-refractivity contribution in [2.75, 3.05) is 5.73 Å². The lowest BCUT2D eigenvalue weighted by Gasteiger charge is -2.19. The third-order valence-corrected chi connectivity index (χ3v) is 4.37. The van der Waals surface area contributed by atoms with Crippen molar-refractivity contribution in [2.24, 2.45) is 0 Å². The standard InChI is InChI=1S/C13H14ClN5O/c14-7-1-3-9(10(15)5-7)13-16-17-18-19(13)11-6-8-2-4-12(11)20-8/h1,3,5,8,11-12H,2,4,6,15H2. The van der Waals surface area contributed by atoms with E-state index in [1.54, 1.807) is 12.1 Å². The molecule has 3 atom stereocenters. The van der Waals surface area contributed by atoms with Gasteiger partial charge in [-0.15, -0.1) is 5.10 Å². The summed E-state index contributed by atoms with van der Waals surface area (Å²) in [5, 5.41) is 12.7. The number of ether oxygens (including phenoxy) is 1. The molecule has 0 radical (unpaired) electrons. The molecular weight excluding hydrogens is 278 g/mol. The first-order valence-electron chi connectivity index (χ1n) is 6.71. The number of aromatic nitrogens is 4. The smallest absolute Gasteiger partial charge is 0.184 e. The molecule has 2 aromatic rings. The number of hydrogen-bond donors (Lipinski definition) is 1. The van der Waals surface area contributed by atoms with Crippen molar-refractivity contribution in [1.29, 1.82) is 0 Å². The summed E-state index contributed by atoms with van der Waals surface area (Å²) in [4.78, 5) is 0. The Kier molecular flexibility index (Phi) is 2.68. The van der Waals surface area contributed by atoms with E-state index in [4.69, 9.17) is 22.1 Å². The Labute approximate surface area is 120 Å². The van der Waals surface area contributed by atoms with Crippen molar-refractivity contribution in [2.45, 2.75) is 37.5 Å². The van der Waals surface area contributed by atoms with E-state index in [1.165, 1.54) is 0 Å². The second-order valence-electron chi connectivity index (χ2n) is 5.36. The lowest BCUT2D eigenvalue weighted by molar-refractivity contribution is 0.0922. The van der Waals surface area contributed by atoms with Crippen LogP contribution < -0.4 is 5.73 Å². The van der Waals surface area contributed by atoms with Gasteiger partial charge in [0.15, 0.2) is 5.82 Å². The highest BCUT2D eigenvalue weighted by Crippen LogP contribution is 2.42. The molecule has 2 saturated heterocycles. The molecule has 3 heterocycles. The van der Waals surface area contributed by atoms with Crippen LogP contribution in [0.25, 0.3) is 11.4 Å². The van der Waals surface area contributed by atoms with Gasteiger partial charge in [0.05, 0.1) is 18.2 Å². The van der Waals surface area contributed by atoms with Crippen molar-refractivity contribution in [3.63, 3.8) is 0 Å². The minimum Gasteiger partial charge on any atom is -0.398 e. The average Bonchev–Trinajstić information content (AvgIpc) is 3.14. The minimum absolute atomic E-state index is 0.203. The van der Waals surface area contributed by atoms with Gasteiger partial charge in [0.1, 0.15) is 0 Å². The van der Waals surface area contributed by atoms with E-state index < -0.39 is 0 Å². The second kappa shape index (κ2) is 4.43. The van der Waals surface area contributed by atoms with E-state index in [9.17, 15) is 0 Å². The van der Waals surface area contributed by atoms with Gasteiger partial charge < -0.3 is 10.5 Å². The van der Waals surface area contributed by atoms with Gasteiger partial charge in [-0.3, -0.25) is 0 Å². The SMILES string of the molecule is Nc1cc(Cl)ccc1-c1nnnn1C1CC2CCC1O2. The number of nitrogens with two attached hydrogens (primary N) is 1. The van der Waals surface area contributed by atoms with Crippen LogP contribution in [0.3, 0.4) is 0 Å². The summed E-state index contributed by atoms with van der Waals surface area (Å²) in [6.45, 7) is 0. The molecular formula is C13H14ClN5O. The van der Waals surface area contributed by atoms with Gasteiger partial charge in [0.25, 0.3) is 0 Å². The number of nitrogen functional groups attached to an aromatic ring is 1. The van der Waals surface area contributed by atoms with Crippen LogP contribution in [0.4, 0.5) is 5.69 Å². The number of nitrogens with zero attached hydrogens (tertiary/aromatic N) is 4. The summed E-state index contributed by atoms with van der Waals surface area (Å²) in [5.74, 6) is 0.681. The molecule has 0 saturated carbocycles. The lowest BCUT2D eigenvalue weighted by atomic mass is 9.95. The fraction of sp³-hybridized carbons (Fsp3) is 0.462. The zero-order valence-corrected chi connectivity index (χ0v) is 11.5. The fourth-order valence-corrected chi connectivity index (χ4v) is 3.38. The molecule has 4 rings (SSSR count). The third kappa shape index (κ3) is 1.79. The highest BCUT2D eigenvalue weighted by atomic mass is 35.5. The third-order valence-electron chi connectivity index (χ3n) is 4.14. The maximum absolute atomic E-state index is 6.03. The Balaban J connectivity index is 1.75. The topological polar surface area (TPSA) is 78.9 Å².